The Morgan fingerprint density at radius 2 is 1.80 bits per heavy atom. The first kappa shape index (κ1) is 21.2. The molecule has 0 saturated heterocycles. The molecule has 12 heteroatoms. The van der Waals surface area contributed by atoms with Crippen LogP contribution in [-0.4, -0.2) is 24.4 Å². The first-order valence-electron chi connectivity index (χ1n) is 8.28. The number of benzene rings is 2. The number of pyridine rings is 1. The minimum Gasteiger partial charge on any atom is -0.351 e. The first-order chi connectivity index (χ1) is 14.3. The van der Waals surface area contributed by atoms with E-state index in [1.165, 1.54) is 30.6 Å². The maximum atomic E-state index is 12.4. The topological polar surface area (TPSA) is 140 Å². The molecule has 0 spiro atoms. The molecule has 0 radical (unpaired) electrons. The number of hydrogen-bond donors (Lipinski definition) is 2. The third-order valence-electron chi connectivity index (χ3n) is 4.01. The number of halogens is 1. The van der Waals surface area contributed by atoms with Crippen LogP contribution in [-0.2, 0) is 10.9 Å². The highest BCUT2D eigenvalue weighted by Crippen LogP contribution is 2.41. The summed E-state index contributed by atoms with van der Waals surface area (Å²) in [6.07, 6.45) is 2.73. The summed E-state index contributed by atoms with van der Waals surface area (Å²) >= 11 is 3.33. The lowest BCUT2D eigenvalue weighted by Crippen LogP contribution is -2.33. The molecule has 0 aliphatic carbocycles. The van der Waals surface area contributed by atoms with Gasteiger partial charge in [0.25, 0.3) is 5.69 Å². The van der Waals surface area contributed by atoms with Gasteiger partial charge in [-0.05, 0) is 46.3 Å². The maximum absolute atomic E-state index is 12.4. The Labute approximate surface area is 180 Å². The largest absolute Gasteiger partial charge is 0.351 e. The summed E-state index contributed by atoms with van der Waals surface area (Å²) in [4.78, 5) is 28.0. The van der Waals surface area contributed by atoms with E-state index < -0.39 is 21.8 Å². The number of carbonyl (C=O) groups is 1. The van der Waals surface area contributed by atoms with Gasteiger partial charge < -0.3 is 5.73 Å². The second-order valence-electron chi connectivity index (χ2n) is 5.82. The van der Waals surface area contributed by atoms with Crippen molar-refractivity contribution in [3.8, 4) is 0 Å². The van der Waals surface area contributed by atoms with E-state index in [2.05, 4.69) is 20.9 Å². The van der Waals surface area contributed by atoms with Crippen molar-refractivity contribution < 1.29 is 18.1 Å². The van der Waals surface area contributed by atoms with Gasteiger partial charge in [0.15, 0.2) is 0 Å². The number of aromatic nitrogens is 1. The fraction of sp³-hybridized carbons (Fsp3) is 0. The monoisotopic (exact) mass is 491 g/mol. The fourth-order valence-corrected chi connectivity index (χ4v) is 3.89. The minimum absolute atomic E-state index is 0.0306. The smallest absolute Gasteiger partial charge is 0.323 e. The molecule has 0 aliphatic rings. The van der Waals surface area contributed by atoms with Gasteiger partial charge in [-0.3, -0.25) is 20.0 Å². The van der Waals surface area contributed by atoms with Crippen LogP contribution in [0.4, 0.5) is 33.2 Å². The molecule has 1 aromatic heterocycles. The van der Waals surface area contributed by atoms with Crippen LogP contribution in [0.25, 0.3) is 0 Å². The molecule has 2 aromatic carbocycles. The van der Waals surface area contributed by atoms with Crippen LogP contribution in [0, 0.1) is 10.1 Å². The molecule has 0 bridgehead atoms. The number of primary amides is 1. The number of anilines is 4. The number of nitro benzene ring substituents is 1. The predicted octanol–water partition coefficient (Wildman–Crippen LogP) is 3.63. The third-order valence-corrected chi connectivity index (χ3v) is 5.45. The predicted molar refractivity (Wildman–Crippen MR) is 116 cm³/mol. The van der Waals surface area contributed by atoms with Crippen molar-refractivity contribution in [2.24, 2.45) is 5.73 Å². The van der Waals surface area contributed by atoms with Gasteiger partial charge in [0.05, 0.1) is 33.9 Å². The molecule has 30 heavy (non-hydrogen) atoms. The summed E-state index contributed by atoms with van der Waals surface area (Å²) in [6, 6.07) is 12.2. The Bertz CT molecular complexity index is 1180. The standard InChI is InChI=1S/C18H14BrN5O5S/c19-14-5-1-2-6-15(14)22(18(20)25)16-8-7-12(24(26)27)10-17(16)23(30(28)29)13-4-3-9-21-11-13/h1-11,30H,(H2,20,25). The third kappa shape index (κ3) is 4.23. The van der Waals surface area contributed by atoms with Crippen molar-refractivity contribution in [1.29, 1.82) is 0 Å². The van der Waals surface area contributed by atoms with E-state index in [0.29, 0.717) is 10.2 Å². The summed E-state index contributed by atoms with van der Waals surface area (Å²) in [5.74, 6) is 0. The second kappa shape index (κ2) is 8.88. The van der Waals surface area contributed by atoms with E-state index in [9.17, 15) is 23.3 Å². The van der Waals surface area contributed by atoms with Gasteiger partial charge in [-0.25, -0.2) is 17.5 Å². The summed E-state index contributed by atoms with van der Waals surface area (Å²) in [5, 5.41) is 11.3. The highest BCUT2D eigenvalue weighted by molar-refractivity contribution is 9.10. The van der Waals surface area contributed by atoms with Gasteiger partial charge >= 0.3 is 6.03 Å². The zero-order valence-corrected chi connectivity index (χ0v) is 17.6. The first-order valence-corrected chi connectivity index (χ1v) is 10.2. The number of carbonyl (C=O) groups excluding carboxylic acids is 1. The molecule has 2 amide bonds. The van der Waals surface area contributed by atoms with Crippen molar-refractivity contribution in [3.63, 3.8) is 0 Å². The van der Waals surface area contributed by atoms with Crippen molar-refractivity contribution in [3.05, 3.63) is 81.6 Å². The van der Waals surface area contributed by atoms with E-state index in [0.717, 1.165) is 21.3 Å². The summed E-state index contributed by atoms with van der Waals surface area (Å²) in [7, 11) is -3.30. The van der Waals surface area contributed by atoms with Crippen molar-refractivity contribution in [2.45, 2.75) is 0 Å². The van der Waals surface area contributed by atoms with Crippen LogP contribution in [0.3, 0.4) is 0 Å². The minimum atomic E-state index is -3.30. The van der Waals surface area contributed by atoms with Gasteiger partial charge in [0.2, 0.25) is 10.9 Å². The number of urea groups is 1. The lowest BCUT2D eigenvalue weighted by molar-refractivity contribution is -0.384. The molecule has 10 nitrogen and oxygen atoms in total. The van der Waals surface area contributed by atoms with Crippen molar-refractivity contribution in [1.82, 2.24) is 4.98 Å². The number of thiol groups is 1. The number of rotatable bonds is 6. The molecule has 0 unspecified atom stereocenters. The van der Waals surface area contributed by atoms with Crippen LogP contribution in [0.5, 0.6) is 0 Å². The van der Waals surface area contributed by atoms with E-state index in [1.807, 2.05) is 0 Å². The van der Waals surface area contributed by atoms with Crippen LogP contribution in [0.2, 0.25) is 0 Å². The Morgan fingerprint density at radius 1 is 1.07 bits per heavy atom. The van der Waals surface area contributed by atoms with Crippen LogP contribution >= 0.6 is 15.9 Å². The highest BCUT2D eigenvalue weighted by atomic mass is 79.9. The van der Waals surface area contributed by atoms with Gasteiger partial charge in [0.1, 0.15) is 0 Å². The number of amides is 2. The molecule has 0 fully saturated rings. The average Bonchev–Trinajstić information content (AvgIpc) is 2.71. The fourth-order valence-electron chi connectivity index (χ4n) is 2.78. The Kier molecular flexibility index (Phi) is 6.28. The van der Waals surface area contributed by atoms with E-state index in [-0.39, 0.29) is 22.7 Å². The van der Waals surface area contributed by atoms with Gasteiger partial charge in [0, 0.05) is 22.8 Å². The summed E-state index contributed by atoms with van der Waals surface area (Å²) in [6.45, 7) is 0. The SMILES string of the molecule is NC(=O)N(c1ccccc1Br)c1ccc([N+](=O)[O-])cc1N(c1cccnc1)[SH](=O)=O. The molecule has 1 heterocycles. The molecular formula is C18H14BrN5O5S. The number of non-ortho nitro benzene ring substituents is 1. The number of nitrogens with two attached hydrogens (primary N) is 1. The number of nitro groups is 1. The molecule has 3 rings (SSSR count). The van der Waals surface area contributed by atoms with Gasteiger partial charge in [-0.1, -0.05) is 12.1 Å². The summed E-state index contributed by atoms with van der Waals surface area (Å²) < 4.78 is 25.6. The molecule has 154 valence electrons. The van der Waals surface area contributed by atoms with Crippen LogP contribution in [0.15, 0.2) is 71.5 Å². The zero-order chi connectivity index (χ0) is 21.8. The average molecular weight is 492 g/mol. The molecular weight excluding hydrogens is 478 g/mol. The molecule has 0 saturated carbocycles. The number of hydrogen-bond acceptors (Lipinski definition) is 6. The van der Waals surface area contributed by atoms with E-state index in [4.69, 9.17) is 5.73 Å². The Hall–Kier alpha value is -3.51. The zero-order valence-electron chi connectivity index (χ0n) is 15.1. The lowest BCUT2D eigenvalue weighted by Gasteiger charge is -2.27. The lowest BCUT2D eigenvalue weighted by atomic mass is 10.2. The molecule has 3 aromatic rings. The molecule has 0 aliphatic heterocycles. The van der Waals surface area contributed by atoms with Crippen LogP contribution in [0.1, 0.15) is 0 Å². The maximum Gasteiger partial charge on any atom is 0.323 e. The summed E-state index contributed by atoms with van der Waals surface area (Å²) in [5.41, 5.74) is 5.59. The quantitative estimate of drug-likeness (QED) is 0.306. The Morgan fingerprint density at radius 3 is 2.37 bits per heavy atom. The normalized spacial score (nSPS) is 10.6. The van der Waals surface area contributed by atoms with Crippen LogP contribution < -0.4 is 14.9 Å². The number of para-hydroxylation sites is 1. The Balaban J connectivity index is 2.33. The molecule has 2 N–H and O–H groups in total. The van der Waals surface area contributed by atoms with Gasteiger partial charge in [-0.2, -0.15) is 0 Å². The van der Waals surface area contributed by atoms with Crippen molar-refractivity contribution in [2.75, 3.05) is 9.21 Å². The molecule has 0 atom stereocenters. The number of nitrogens with zero attached hydrogens (tertiary/aromatic N) is 4. The van der Waals surface area contributed by atoms with Gasteiger partial charge in [-0.15, -0.1) is 0 Å². The highest BCUT2D eigenvalue weighted by Gasteiger charge is 2.27. The van der Waals surface area contributed by atoms with E-state index in [1.54, 1.807) is 24.3 Å². The van der Waals surface area contributed by atoms with Crippen molar-refractivity contribution >= 4 is 61.3 Å². The second-order valence-corrected chi connectivity index (χ2v) is 7.55. The van der Waals surface area contributed by atoms with E-state index >= 15 is 0 Å².